The molecule has 1 N–H and O–H groups in total. The van der Waals surface area contributed by atoms with E-state index in [0.717, 1.165) is 37.8 Å². The number of hydrogen-bond donors (Lipinski definition) is 1. The normalized spacial score (nSPS) is 10.8. The third-order valence-electron chi connectivity index (χ3n) is 2.80. The Morgan fingerprint density at radius 3 is 2.67 bits per heavy atom. The SMILES string of the molecule is CCNc1ncnc(Sc2ncnc3ccccc23)c1Br. The number of nitrogens with one attached hydrogen (secondary N) is 1. The molecule has 0 amide bonds. The number of nitrogens with zero attached hydrogens (tertiary/aromatic N) is 4. The lowest BCUT2D eigenvalue weighted by atomic mass is 10.2. The minimum absolute atomic E-state index is 0.786. The molecule has 0 saturated carbocycles. The van der Waals surface area contributed by atoms with Crippen LogP contribution in [0.25, 0.3) is 10.9 Å². The molecular weight excluding hydrogens is 350 g/mol. The van der Waals surface area contributed by atoms with Gasteiger partial charge in [-0.3, -0.25) is 0 Å². The summed E-state index contributed by atoms with van der Waals surface area (Å²) in [6.07, 6.45) is 3.12. The van der Waals surface area contributed by atoms with E-state index in [1.807, 2.05) is 31.2 Å². The number of para-hydroxylation sites is 1. The monoisotopic (exact) mass is 361 g/mol. The van der Waals surface area contributed by atoms with Crippen LogP contribution in [0.1, 0.15) is 6.92 Å². The number of fused-ring (bicyclic) bond motifs is 1. The molecule has 106 valence electrons. The molecule has 0 atom stereocenters. The molecule has 0 aliphatic rings. The Kier molecular flexibility index (Phi) is 4.31. The molecule has 0 aliphatic carbocycles. The summed E-state index contributed by atoms with van der Waals surface area (Å²) in [5.74, 6) is 0.786. The first kappa shape index (κ1) is 14.2. The zero-order valence-electron chi connectivity index (χ0n) is 11.2. The maximum atomic E-state index is 4.37. The van der Waals surface area contributed by atoms with Crippen molar-refractivity contribution in [1.29, 1.82) is 0 Å². The van der Waals surface area contributed by atoms with Gasteiger partial charge in [0.25, 0.3) is 0 Å². The van der Waals surface area contributed by atoms with Crippen molar-refractivity contribution in [2.45, 2.75) is 17.0 Å². The van der Waals surface area contributed by atoms with Crippen molar-refractivity contribution >= 4 is 44.4 Å². The molecule has 0 bridgehead atoms. The summed E-state index contributed by atoms with van der Waals surface area (Å²) < 4.78 is 0.847. The molecule has 0 unspecified atom stereocenters. The molecule has 2 aromatic heterocycles. The molecule has 21 heavy (non-hydrogen) atoms. The van der Waals surface area contributed by atoms with Crippen LogP contribution in [0.2, 0.25) is 0 Å². The molecule has 1 aromatic carbocycles. The van der Waals surface area contributed by atoms with Crippen molar-refractivity contribution in [3.8, 4) is 0 Å². The molecular formula is C14H12BrN5S. The average molecular weight is 362 g/mol. The lowest BCUT2D eigenvalue weighted by Gasteiger charge is -2.09. The summed E-state index contributed by atoms with van der Waals surface area (Å²) in [6, 6.07) is 7.93. The van der Waals surface area contributed by atoms with Gasteiger partial charge in [-0.1, -0.05) is 18.2 Å². The number of benzene rings is 1. The minimum Gasteiger partial charge on any atom is -0.369 e. The molecule has 0 aliphatic heterocycles. The Morgan fingerprint density at radius 2 is 1.81 bits per heavy atom. The number of halogens is 1. The van der Waals surface area contributed by atoms with Gasteiger partial charge in [0.15, 0.2) is 0 Å². The van der Waals surface area contributed by atoms with Gasteiger partial charge in [0.2, 0.25) is 0 Å². The summed E-state index contributed by atoms with van der Waals surface area (Å²) in [4.78, 5) is 17.2. The van der Waals surface area contributed by atoms with E-state index < -0.39 is 0 Å². The van der Waals surface area contributed by atoms with Crippen molar-refractivity contribution in [2.75, 3.05) is 11.9 Å². The molecule has 0 radical (unpaired) electrons. The van der Waals surface area contributed by atoms with Gasteiger partial charge < -0.3 is 5.32 Å². The van der Waals surface area contributed by atoms with Crippen LogP contribution in [-0.2, 0) is 0 Å². The highest BCUT2D eigenvalue weighted by Gasteiger charge is 2.12. The van der Waals surface area contributed by atoms with E-state index in [1.165, 1.54) is 11.8 Å². The summed E-state index contributed by atoms with van der Waals surface area (Å²) in [5, 5.41) is 5.91. The highest BCUT2D eigenvalue weighted by molar-refractivity contribution is 9.10. The maximum Gasteiger partial charge on any atom is 0.144 e. The Balaban J connectivity index is 2.01. The van der Waals surface area contributed by atoms with Crippen LogP contribution in [0.3, 0.4) is 0 Å². The predicted molar refractivity (Wildman–Crippen MR) is 87.6 cm³/mol. The highest BCUT2D eigenvalue weighted by Crippen LogP contribution is 2.36. The van der Waals surface area contributed by atoms with Crippen LogP contribution in [0.4, 0.5) is 5.82 Å². The lowest BCUT2D eigenvalue weighted by Crippen LogP contribution is -2.01. The van der Waals surface area contributed by atoms with E-state index in [1.54, 1.807) is 12.7 Å². The van der Waals surface area contributed by atoms with Crippen LogP contribution in [0.5, 0.6) is 0 Å². The molecule has 2 heterocycles. The predicted octanol–water partition coefficient (Wildman–Crippen LogP) is 3.77. The molecule has 7 heteroatoms. The first-order valence-electron chi connectivity index (χ1n) is 6.41. The summed E-state index contributed by atoms with van der Waals surface area (Å²) in [6.45, 7) is 2.83. The molecule has 0 spiro atoms. The number of aromatic nitrogens is 4. The minimum atomic E-state index is 0.786. The third-order valence-corrected chi connectivity index (χ3v) is 4.84. The topological polar surface area (TPSA) is 63.6 Å². The fraction of sp³-hybridized carbons (Fsp3) is 0.143. The molecule has 3 rings (SSSR count). The third kappa shape index (κ3) is 2.98. The second-order valence-electron chi connectivity index (χ2n) is 4.17. The van der Waals surface area contributed by atoms with Gasteiger partial charge in [-0.15, -0.1) is 0 Å². The number of hydrogen-bond acceptors (Lipinski definition) is 6. The Bertz CT molecular complexity index is 775. The van der Waals surface area contributed by atoms with Crippen molar-refractivity contribution in [3.05, 3.63) is 41.4 Å². The Morgan fingerprint density at radius 1 is 1.05 bits per heavy atom. The summed E-state index contributed by atoms with van der Waals surface area (Å²) in [5.41, 5.74) is 0.923. The van der Waals surface area contributed by atoms with Gasteiger partial charge in [0.05, 0.1) is 9.99 Å². The van der Waals surface area contributed by atoms with Gasteiger partial charge in [0, 0.05) is 11.9 Å². The Hall–Kier alpha value is -1.73. The molecule has 3 aromatic rings. The zero-order chi connectivity index (χ0) is 14.7. The van der Waals surface area contributed by atoms with Crippen LogP contribution in [-0.4, -0.2) is 26.5 Å². The highest BCUT2D eigenvalue weighted by atomic mass is 79.9. The summed E-state index contributed by atoms with van der Waals surface area (Å²) in [7, 11) is 0. The van der Waals surface area contributed by atoms with Gasteiger partial charge in [-0.05, 0) is 40.7 Å². The largest absolute Gasteiger partial charge is 0.369 e. The van der Waals surface area contributed by atoms with Gasteiger partial charge in [0.1, 0.15) is 28.5 Å². The van der Waals surface area contributed by atoms with E-state index >= 15 is 0 Å². The fourth-order valence-electron chi connectivity index (χ4n) is 1.87. The zero-order valence-corrected chi connectivity index (χ0v) is 13.6. The van der Waals surface area contributed by atoms with Crippen LogP contribution < -0.4 is 5.32 Å². The second-order valence-corrected chi connectivity index (χ2v) is 5.94. The standard InChI is InChI=1S/C14H12BrN5S/c1-2-16-12-11(15)14(20-8-18-12)21-13-9-5-3-4-6-10(9)17-7-19-13/h3-8H,2H2,1H3,(H,16,18,20). The number of rotatable bonds is 4. The van der Waals surface area contributed by atoms with Crippen molar-refractivity contribution in [3.63, 3.8) is 0 Å². The second kappa shape index (κ2) is 6.36. The molecule has 0 fully saturated rings. The van der Waals surface area contributed by atoms with Crippen LogP contribution >= 0.6 is 27.7 Å². The lowest BCUT2D eigenvalue weighted by molar-refractivity contribution is 1.00. The summed E-state index contributed by atoms with van der Waals surface area (Å²) >= 11 is 5.05. The van der Waals surface area contributed by atoms with Crippen molar-refractivity contribution < 1.29 is 0 Å². The first-order valence-corrected chi connectivity index (χ1v) is 8.02. The average Bonchev–Trinajstić information content (AvgIpc) is 2.52. The quantitative estimate of drug-likeness (QED) is 0.713. The van der Waals surface area contributed by atoms with E-state index in [2.05, 4.69) is 41.2 Å². The van der Waals surface area contributed by atoms with E-state index in [-0.39, 0.29) is 0 Å². The van der Waals surface area contributed by atoms with Crippen LogP contribution in [0, 0.1) is 0 Å². The number of anilines is 1. The van der Waals surface area contributed by atoms with E-state index in [4.69, 9.17) is 0 Å². The van der Waals surface area contributed by atoms with E-state index in [0.29, 0.717) is 0 Å². The van der Waals surface area contributed by atoms with Crippen molar-refractivity contribution in [2.24, 2.45) is 0 Å². The van der Waals surface area contributed by atoms with E-state index in [9.17, 15) is 0 Å². The van der Waals surface area contributed by atoms with Crippen molar-refractivity contribution in [1.82, 2.24) is 19.9 Å². The van der Waals surface area contributed by atoms with Gasteiger partial charge in [-0.2, -0.15) is 0 Å². The van der Waals surface area contributed by atoms with Gasteiger partial charge in [-0.25, -0.2) is 19.9 Å². The first-order chi connectivity index (χ1) is 10.3. The van der Waals surface area contributed by atoms with Crippen LogP contribution in [0.15, 0.2) is 51.4 Å². The molecule has 5 nitrogen and oxygen atoms in total. The fourth-order valence-corrected chi connectivity index (χ4v) is 3.31. The van der Waals surface area contributed by atoms with Gasteiger partial charge >= 0.3 is 0 Å². The smallest absolute Gasteiger partial charge is 0.144 e. The molecule has 0 saturated heterocycles. The Labute approximate surface area is 134 Å². The maximum absolute atomic E-state index is 4.37.